The Morgan fingerprint density at radius 1 is 0.347 bits per heavy atom. The summed E-state index contributed by atoms with van der Waals surface area (Å²) in [4.78, 5) is 10.2. The van der Waals surface area contributed by atoms with Crippen LogP contribution in [-0.2, 0) is 0 Å². The van der Waals surface area contributed by atoms with Gasteiger partial charge in [-0.15, -0.1) is 11.3 Å². The van der Waals surface area contributed by atoms with Gasteiger partial charge in [-0.05, 0) is 62.3 Å². The Morgan fingerprint density at radius 3 is 1.61 bits per heavy atom. The average molecular weight is 641 g/mol. The van der Waals surface area contributed by atoms with Crippen LogP contribution in [-0.4, -0.2) is 9.97 Å². The number of benzene rings is 8. The van der Waals surface area contributed by atoms with Crippen molar-refractivity contribution in [3.8, 4) is 45.0 Å². The van der Waals surface area contributed by atoms with Crippen LogP contribution >= 0.6 is 11.3 Å². The van der Waals surface area contributed by atoms with Crippen LogP contribution in [0.15, 0.2) is 170 Å². The lowest BCUT2D eigenvalue weighted by Crippen LogP contribution is -1.96. The molecule has 0 radical (unpaired) electrons. The summed E-state index contributed by atoms with van der Waals surface area (Å²) in [5.41, 5.74) is 7.35. The second-order valence-electron chi connectivity index (χ2n) is 12.5. The maximum atomic E-state index is 5.15. The van der Waals surface area contributed by atoms with Gasteiger partial charge in [0.1, 0.15) is 0 Å². The van der Waals surface area contributed by atoms with Crippen molar-refractivity contribution in [2.45, 2.75) is 0 Å². The van der Waals surface area contributed by atoms with Gasteiger partial charge in [0.05, 0.1) is 11.4 Å². The average Bonchev–Trinajstić information content (AvgIpc) is 3.58. The largest absolute Gasteiger partial charge is 0.228 e. The normalized spacial score (nSPS) is 11.7. The van der Waals surface area contributed by atoms with Gasteiger partial charge in [-0.25, -0.2) is 9.97 Å². The SMILES string of the molecule is c1ccc(-c2cc(-c3cccc(-c4cc5c6ccccc6c6ccccc6c5c5sc6ccccc6c45)c3)nc(-c3ccccc3)n2)cc1. The van der Waals surface area contributed by atoms with Gasteiger partial charge in [-0.3, -0.25) is 0 Å². The number of thiophene rings is 1. The Hall–Kier alpha value is -6.16. The van der Waals surface area contributed by atoms with Crippen LogP contribution in [0, 0.1) is 0 Å². The summed E-state index contributed by atoms with van der Waals surface area (Å²) in [5.74, 6) is 0.720. The lowest BCUT2D eigenvalue weighted by Gasteiger charge is -2.15. The highest BCUT2D eigenvalue weighted by Crippen LogP contribution is 2.48. The third kappa shape index (κ3) is 4.55. The summed E-state index contributed by atoms with van der Waals surface area (Å²) >= 11 is 1.90. The maximum Gasteiger partial charge on any atom is 0.160 e. The number of hydrogen-bond donors (Lipinski definition) is 0. The van der Waals surface area contributed by atoms with Gasteiger partial charge >= 0.3 is 0 Å². The van der Waals surface area contributed by atoms with E-state index in [2.05, 4.69) is 146 Å². The predicted molar refractivity (Wildman–Crippen MR) is 209 cm³/mol. The minimum absolute atomic E-state index is 0.720. The van der Waals surface area contributed by atoms with E-state index in [4.69, 9.17) is 9.97 Å². The van der Waals surface area contributed by atoms with E-state index in [1.165, 1.54) is 63.6 Å². The van der Waals surface area contributed by atoms with E-state index in [-0.39, 0.29) is 0 Å². The number of rotatable bonds is 4. The highest BCUT2D eigenvalue weighted by atomic mass is 32.1. The van der Waals surface area contributed by atoms with Crippen molar-refractivity contribution in [2.24, 2.45) is 0 Å². The molecule has 3 heteroatoms. The van der Waals surface area contributed by atoms with Crippen LogP contribution in [0.25, 0.3) is 97.5 Å². The number of aromatic nitrogens is 2. The molecule has 0 saturated heterocycles. The van der Waals surface area contributed by atoms with Crippen LogP contribution in [0.3, 0.4) is 0 Å². The second kappa shape index (κ2) is 11.2. The van der Waals surface area contributed by atoms with E-state index in [0.717, 1.165) is 33.9 Å². The van der Waals surface area contributed by atoms with Crippen molar-refractivity contribution in [1.82, 2.24) is 9.97 Å². The van der Waals surface area contributed by atoms with E-state index in [1.54, 1.807) is 0 Å². The van der Waals surface area contributed by atoms with Crippen molar-refractivity contribution in [3.05, 3.63) is 170 Å². The van der Waals surface area contributed by atoms with Gasteiger partial charge in [-0.1, -0.05) is 146 Å². The van der Waals surface area contributed by atoms with Crippen molar-refractivity contribution in [2.75, 3.05) is 0 Å². The van der Waals surface area contributed by atoms with Gasteiger partial charge in [0.25, 0.3) is 0 Å². The van der Waals surface area contributed by atoms with Crippen molar-refractivity contribution < 1.29 is 0 Å². The zero-order chi connectivity index (χ0) is 32.3. The third-order valence-electron chi connectivity index (χ3n) is 9.65. The quantitative estimate of drug-likeness (QED) is 0.179. The first-order valence-electron chi connectivity index (χ1n) is 16.6. The summed E-state index contributed by atoms with van der Waals surface area (Å²) < 4.78 is 2.64. The first-order chi connectivity index (χ1) is 24.3. The molecule has 228 valence electrons. The smallest absolute Gasteiger partial charge is 0.160 e. The molecule has 0 saturated carbocycles. The topological polar surface area (TPSA) is 25.8 Å². The fourth-order valence-corrected chi connectivity index (χ4v) is 8.70. The Labute approximate surface area is 287 Å². The fourth-order valence-electron chi connectivity index (χ4n) is 7.41. The fraction of sp³-hybridized carbons (Fsp3) is 0. The third-order valence-corrected chi connectivity index (χ3v) is 10.8. The molecule has 49 heavy (non-hydrogen) atoms. The van der Waals surface area contributed by atoms with Crippen LogP contribution < -0.4 is 0 Å². The summed E-state index contributed by atoms with van der Waals surface area (Å²) in [6.07, 6.45) is 0. The van der Waals surface area contributed by atoms with Crippen LogP contribution in [0.4, 0.5) is 0 Å². The number of fused-ring (bicyclic) bond motifs is 10. The molecule has 0 aliphatic rings. The minimum atomic E-state index is 0.720. The zero-order valence-corrected chi connectivity index (χ0v) is 27.3. The molecular formula is C46H28N2S. The zero-order valence-electron chi connectivity index (χ0n) is 26.5. The molecule has 2 heterocycles. The Morgan fingerprint density at radius 2 is 0.878 bits per heavy atom. The molecule has 0 bridgehead atoms. The van der Waals surface area contributed by atoms with Gasteiger partial charge in [0.2, 0.25) is 0 Å². The highest BCUT2D eigenvalue weighted by molar-refractivity contribution is 7.27. The van der Waals surface area contributed by atoms with Gasteiger partial charge in [0, 0.05) is 42.2 Å². The Kier molecular flexibility index (Phi) is 6.39. The lowest BCUT2D eigenvalue weighted by atomic mass is 9.89. The molecule has 0 fully saturated rings. The molecular weight excluding hydrogens is 613 g/mol. The molecule has 10 aromatic rings. The van der Waals surface area contributed by atoms with Crippen molar-refractivity contribution in [1.29, 1.82) is 0 Å². The Bertz CT molecular complexity index is 2810. The van der Waals surface area contributed by atoms with Crippen molar-refractivity contribution in [3.63, 3.8) is 0 Å². The second-order valence-corrected chi connectivity index (χ2v) is 13.6. The number of hydrogen-bond acceptors (Lipinski definition) is 3. The van der Waals surface area contributed by atoms with E-state index in [9.17, 15) is 0 Å². The maximum absolute atomic E-state index is 5.15. The highest BCUT2D eigenvalue weighted by Gasteiger charge is 2.19. The molecule has 10 rings (SSSR count). The summed E-state index contributed by atoms with van der Waals surface area (Å²) in [6, 6.07) is 60.7. The van der Waals surface area contributed by atoms with Crippen LogP contribution in [0.2, 0.25) is 0 Å². The molecule has 0 amide bonds. The van der Waals surface area contributed by atoms with Gasteiger partial charge < -0.3 is 0 Å². The van der Waals surface area contributed by atoms with E-state index >= 15 is 0 Å². The van der Waals surface area contributed by atoms with E-state index < -0.39 is 0 Å². The molecule has 2 nitrogen and oxygen atoms in total. The summed E-state index contributed by atoms with van der Waals surface area (Å²) in [5, 5.41) is 10.4. The van der Waals surface area contributed by atoms with Crippen LogP contribution in [0.5, 0.6) is 0 Å². The van der Waals surface area contributed by atoms with Crippen molar-refractivity contribution >= 4 is 63.8 Å². The predicted octanol–water partition coefficient (Wildman–Crippen LogP) is 13.0. The van der Waals surface area contributed by atoms with E-state index in [0.29, 0.717) is 0 Å². The molecule has 2 aromatic heterocycles. The lowest BCUT2D eigenvalue weighted by molar-refractivity contribution is 1.18. The minimum Gasteiger partial charge on any atom is -0.228 e. The standard InChI is InChI=1S/C46H28N2S/c1-3-14-29(15-4-1)40-28-41(48-46(47-40)30-16-5-2-6-17-30)32-19-13-18-31(26-32)38-27-39-35-22-8-7-20-33(35)34-21-9-10-23-36(34)43(39)45-44(38)37-24-11-12-25-42(37)49-45/h1-28H. The molecule has 0 N–H and O–H groups in total. The molecule has 8 aromatic carbocycles. The van der Waals surface area contributed by atoms with E-state index in [1.807, 2.05) is 35.6 Å². The Balaban J connectivity index is 1.27. The molecule has 0 unspecified atom stereocenters. The molecule has 0 spiro atoms. The monoisotopic (exact) mass is 640 g/mol. The summed E-state index contributed by atoms with van der Waals surface area (Å²) in [7, 11) is 0. The molecule has 0 atom stereocenters. The molecule has 0 aliphatic heterocycles. The summed E-state index contributed by atoms with van der Waals surface area (Å²) in [6.45, 7) is 0. The van der Waals surface area contributed by atoms with Gasteiger partial charge in [0.15, 0.2) is 5.82 Å². The first-order valence-corrected chi connectivity index (χ1v) is 17.4. The molecule has 0 aliphatic carbocycles. The first kappa shape index (κ1) is 27.9. The van der Waals surface area contributed by atoms with Gasteiger partial charge in [-0.2, -0.15) is 0 Å². The van der Waals surface area contributed by atoms with Crippen LogP contribution in [0.1, 0.15) is 0 Å². The number of nitrogens with zero attached hydrogens (tertiary/aromatic N) is 2.